The summed E-state index contributed by atoms with van der Waals surface area (Å²) in [7, 11) is 0. The lowest BCUT2D eigenvalue weighted by molar-refractivity contribution is -0.124. The summed E-state index contributed by atoms with van der Waals surface area (Å²) in [5.74, 6) is 1.32. The van der Waals surface area contributed by atoms with Crippen LogP contribution in [0.4, 0.5) is 0 Å². The lowest BCUT2D eigenvalue weighted by atomic mass is 9.93. The highest BCUT2D eigenvalue weighted by Crippen LogP contribution is 2.23. The number of benzene rings is 1. The summed E-state index contributed by atoms with van der Waals surface area (Å²) < 4.78 is 16.9. The molecule has 1 aromatic heterocycles. The molecule has 1 N–H and O–H groups in total. The number of amides is 1. The third-order valence-electron chi connectivity index (χ3n) is 4.78. The Balaban J connectivity index is 1.38. The van der Waals surface area contributed by atoms with Crippen LogP contribution in [0, 0.1) is 13.8 Å². The molecule has 0 radical (unpaired) electrons. The van der Waals surface area contributed by atoms with Crippen LogP contribution in [0.15, 0.2) is 30.3 Å². The van der Waals surface area contributed by atoms with Gasteiger partial charge in [-0.1, -0.05) is 0 Å². The zero-order chi connectivity index (χ0) is 20.6. The molecular formula is C22H29N3O4. The van der Waals surface area contributed by atoms with Gasteiger partial charge in [0.15, 0.2) is 6.61 Å². The van der Waals surface area contributed by atoms with Gasteiger partial charge in [-0.3, -0.25) is 4.79 Å². The smallest absolute Gasteiger partial charge is 0.317 e. The Bertz CT molecular complexity index is 782. The molecule has 1 aliphatic rings. The second kappa shape index (κ2) is 10.1. The highest BCUT2D eigenvalue weighted by Gasteiger charge is 2.24. The Morgan fingerprint density at radius 2 is 1.59 bits per heavy atom. The van der Waals surface area contributed by atoms with E-state index < -0.39 is 0 Å². The van der Waals surface area contributed by atoms with Crippen LogP contribution in [0.2, 0.25) is 0 Å². The molecule has 0 spiro atoms. The van der Waals surface area contributed by atoms with Gasteiger partial charge in [-0.05, 0) is 76.8 Å². The van der Waals surface area contributed by atoms with Crippen molar-refractivity contribution in [3.63, 3.8) is 0 Å². The van der Waals surface area contributed by atoms with E-state index in [0.717, 1.165) is 42.8 Å². The lowest BCUT2D eigenvalue weighted by Crippen LogP contribution is -2.41. The highest BCUT2D eigenvalue weighted by molar-refractivity contribution is 5.77. The van der Waals surface area contributed by atoms with E-state index in [0.29, 0.717) is 18.4 Å². The quantitative estimate of drug-likeness (QED) is 0.733. The highest BCUT2D eigenvalue weighted by atomic mass is 16.5. The van der Waals surface area contributed by atoms with Gasteiger partial charge in [0.1, 0.15) is 17.6 Å². The summed E-state index contributed by atoms with van der Waals surface area (Å²) in [5.41, 5.74) is 1.81. The van der Waals surface area contributed by atoms with E-state index in [2.05, 4.69) is 15.3 Å². The average molecular weight is 399 g/mol. The fraction of sp³-hybridized carbons (Fsp3) is 0.500. The standard InChI is InChI=1S/C22H29N3O4/c1-4-27-18-9-11-19(12-10-18)28-14-21(26)25-17-5-7-20(8-6-17)29-22-23-15(2)13-16(3)24-22/h9-13,17,20H,4-8,14H2,1-3H3,(H,25,26). The molecule has 1 fully saturated rings. The van der Waals surface area contributed by atoms with Crippen molar-refractivity contribution in [3.8, 4) is 17.5 Å². The predicted octanol–water partition coefficient (Wildman–Crippen LogP) is 3.38. The molecule has 0 atom stereocenters. The minimum absolute atomic E-state index is 0.000813. The van der Waals surface area contributed by atoms with Crippen LogP contribution >= 0.6 is 0 Å². The van der Waals surface area contributed by atoms with Crippen molar-refractivity contribution in [1.82, 2.24) is 15.3 Å². The van der Waals surface area contributed by atoms with Gasteiger partial charge in [0.05, 0.1) is 6.61 Å². The van der Waals surface area contributed by atoms with E-state index in [1.165, 1.54) is 0 Å². The van der Waals surface area contributed by atoms with E-state index in [-0.39, 0.29) is 24.7 Å². The monoisotopic (exact) mass is 399 g/mol. The molecule has 1 saturated carbocycles. The number of ether oxygens (including phenoxy) is 3. The molecule has 0 aliphatic heterocycles. The minimum atomic E-state index is -0.110. The summed E-state index contributed by atoms with van der Waals surface area (Å²) >= 11 is 0. The van der Waals surface area contributed by atoms with E-state index in [1.807, 2.05) is 39.0 Å². The molecule has 7 heteroatoms. The molecular weight excluding hydrogens is 370 g/mol. The SMILES string of the molecule is CCOc1ccc(OCC(=O)NC2CCC(Oc3nc(C)cc(C)n3)CC2)cc1. The maximum atomic E-state index is 12.2. The van der Waals surface area contributed by atoms with E-state index in [1.54, 1.807) is 12.1 Å². The largest absolute Gasteiger partial charge is 0.494 e. The fourth-order valence-electron chi connectivity index (χ4n) is 3.44. The number of rotatable bonds is 8. The molecule has 29 heavy (non-hydrogen) atoms. The number of carbonyl (C=O) groups excluding carboxylic acids is 1. The van der Waals surface area contributed by atoms with Crippen molar-refractivity contribution in [2.24, 2.45) is 0 Å². The minimum Gasteiger partial charge on any atom is -0.494 e. The average Bonchev–Trinajstić information content (AvgIpc) is 2.68. The van der Waals surface area contributed by atoms with Crippen LogP contribution in [-0.4, -0.2) is 41.2 Å². The van der Waals surface area contributed by atoms with Crippen molar-refractivity contribution < 1.29 is 19.0 Å². The number of nitrogens with zero attached hydrogens (tertiary/aromatic N) is 2. The summed E-state index contributed by atoms with van der Waals surface area (Å²) in [4.78, 5) is 20.9. The first-order chi connectivity index (χ1) is 14.0. The molecule has 1 aromatic carbocycles. The number of nitrogens with one attached hydrogen (secondary N) is 1. The second-order valence-electron chi connectivity index (χ2n) is 7.29. The number of carbonyl (C=O) groups is 1. The summed E-state index contributed by atoms with van der Waals surface area (Å²) in [6.07, 6.45) is 3.54. The first-order valence-corrected chi connectivity index (χ1v) is 10.2. The molecule has 156 valence electrons. The Morgan fingerprint density at radius 1 is 1.00 bits per heavy atom. The molecule has 0 bridgehead atoms. The molecule has 1 heterocycles. The van der Waals surface area contributed by atoms with Crippen LogP contribution in [0.1, 0.15) is 44.0 Å². The van der Waals surface area contributed by atoms with Crippen molar-refractivity contribution in [1.29, 1.82) is 0 Å². The molecule has 0 unspecified atom stereocenters. The zero-order valence-corrected chi connectivity index (χ0v) is 17.3. The summed E-state index contributed by atoms with van der Waals surface area (Å²) in [6.45, 7) is 6.42. The first-order valence-electron chi connectivity index (χ1n) is 10.2. The summed E-state index contributed by atoms with van der Waals surface area (Å²) in [5, 5.41) is 3.05. The van der Waals surface area contributed by atoms with Crippen molar-refractivity contribution in [2.75, 3.05) is 13.2 Å². The van der Waals surface area contributed by atoms with Gasteiger partial charge in [-0.25, -0.2) is 9.97 Å². The maximum absolute atomic E-state index is 12.2. The molecule has 3 rings (SSSR count). The Morgan fingerprint density at radius 3 is 2.17 bits per heavy atom. The lowest BCUT2D eigenvalue weighted by Gasteiger charge is -2.29. The number of aromatic nitrogens is 2. The summed E-state index contributed by atoms with van der Waals surface area (Å²) in [6, 6.07) is 9.78. The predicted molar refractivity (Wildman–Crippen MR) is 109 cm³/mol. The molecule has 2 aromatic rings. The van der Waals surface area contributed by atoms with E-state index in [4.69, 9.17) is 14.2 Å². The zero-order valence-electron chi connectivity index (χ0n) is 17.3. The normalized spacial score (nSPS) is 18.7. The fourth-order valence-corrected chi connectivity index (χ4v) is 3.44. The van der Waals surface area contributed by atoms with Gasteiger partial charge >= 0.3 is 6.01 Å². The number of hydrogen-bond donors (Lipinski definition) is 1. The van der Waals surface area contributed by atoms with Crippen molar-refractivity contribution in [2.45, 2.75) is 58.6 Å². The number of hydrogen-bond acceptors (Lipinski definition) is 6. The van der Waals surface area contributed by atoms with Crippen molar-refractivity contribution in [3.05, 3.63) is 41.7 Å². The van der Waals surface area contributed by atoms with Crippen molar-refractivity contribution >= 4 is 5.91 Å². The van der Waals surface area contributed by atoms with Gasteiger partial charge in [0.25, 0.3) is 5.91 Å². The first kappa shape index (κ1) is 20.9. The Kier molecular flexibility index (Phi) is 7.27. The van der Waals surface area contributed by atoms with Gasteiger partial charge in [0.2, 0.25) is 0 Å². The Labute approximate surface area is 171 Å². The van der Waals surface area contributed by atoms with Crippen LogP contribution in [-0.2, 0) is 4.79 Å². The molecule has 0 saturated heterocycles. The third-order valence-corrected chi connectivity index (χ3v) is 4.78. The van der Waals surface area contributed by atoms with E-state index >= 15 is 0 Å². The molecule has 1 amide bonds. The van der Waals surface area contributed by atoms with Crippen LogP contribution in [0.3, 0.4) is 0 Å². The van der Waals surface area contributed by atoms with Gasteiger partial charge in [-0.15, -0.1) is 0 Å². The molecule has 7 nitrogen and oxygen atoms in total. The van der Waals surface area contributed by atoms with Crippen LogP contribution < -0.4 is 19.5 Å². The third kappa shape index (κ3) is 6.62. The topological polar surface area (TPSA) is 82.6 Å². The molecule has 1 aliphatic carbocycles. The van der Waals surface area contributed by atoms with E-state index in [9.17, 15) is 4.79 Å². The second-order valence-corrected chi connectivity index (χ2v) is 7.29. The van der Waals surface area contributed by atoms with Gasteiger partial charge in [0, 0.05) is 17.4 Å². The maximum Gasteiger partial charge on any atom is 0.317 e. The van der Waals surface area contributed by atoms with Crippen LogP contribution in [0.25, 0.3) is 0 Å². The van der Waals surface area contributed by atoms with Crippen LogP contribution in [0.5, 0.6) is 17.5 Å². The number of aryl methyl sites for hydroxylation is 2. The van der Waals surface area contributed by atoms with Gasteiger partial charge in [-0.2, -0.15) is 0 Å². The van der Waals surface area contributed by atoms with Gasteiger partial charge < -0.3 is 19.5 Å². The Hall–Kier alpha value is -2.83.